The highest BCUT2D eigenvalue weighted by molar-refractivity contribution is 6.53. The Bertz CT molecular complexity index is 636. The third-order valence-electron chi connectivity index (χ3n) is 7.82. The zero-order chi connectivity index (χ0) is 18.4. The van der Waals surface area contributed by atoms with Crippen LogP contribution in [0.1, 0.15) is 51.4 Å². The van der Waals surface area contributed by atoms with E-state index in [9.17, 15) is 5.02 Å². The number of hydrogen-bond donors (Lipinski definition) is 3. The Morgan fingerprint density at radius 1 is 0.963 bits per heavy atom. The largest absolute Gasteiger partial charge is 0.433 e. The first kappa shape index (κ1) is 17.9. The average molecular weight is 367 g/mol. The summed E-state index contributed by atoms with van der Waals surface area (Å²) >= 11 is 0. The highest BCUT2D eigenvalue weighted by Gasteiger charge is 2.53. The van der Waals surface area contributed by atoms with Gasteiger partial charge in [0.15, 0.2) is 0 Å². The second-order valence-electron chi connectivity index (χ2n) is 9.91. The maximum atomic E-state index is 9.68. The second kappa shape index (κ2) is 7.00. The van der Waals surface area contributed by atoms with Gasteiger partial charge in [-0.25, -0.2) is 0 Å². The minimum Gasteiger partial charge on any atom is -0.433 e. The van der Waals surface area contributed by atoms with E-state index in [0.29, 0.717) is 11.6 Å². The highest BCUT2D eigenvalue weighted by atomic mass is 16.2. The molecule has 27 heavy (non-hydrogen) atoms. The maximum absolute atomic E-state index is 9.68. The Morgan fingerprint density at radius 3 is 2.07 bits per heavy atom. The van der Waals surface area contributed by atoms with Crippen LogP contribution in [0.3, 0.4) is 0 Å². The van der Waals surface area contributed by atoms with Crippen LogP contribution < -0.4 is 10.5 Å². The van der Waals surface area contributed by atoms with Gasteiger partial charge in [0.05, 0.1) is 5.69 Å². The molecule has 0 unspecified atom stereocenters. The highest BCUT2D eigenvalue weighted by Crippen LogP contribution is 2.58. The third-order valence-corrected chi connectivity index (χ3v) is 7.82. The monoisotopic (exact) mass is 367 g/mol. The molecule has 6 rings (SSSR count). The molecule has 3 N–H and O–H groups in total. The van der Waals surface area contributed by atoms with E-state index in [1.807, 2.05) is 12.1 Å². The van der Waals surface area contributed by atoms with Gasteiger partial charge in [-0.2, -0.15) is 0 Å². The summed E-state index contributed by atoms with van der Waals surface area (Å²) in [5.41, 5.74) is 2.67. The molecule has 1 saturated heterocycles. The van der Waals surface area contributed by atoms with Crippen molar-refractivity contribution < 1.29 is 5.02 Å². The fourth-order valence-corrected chi connectivity index (χ4v) is 7.13. The molecule has 1 heterocycles. The van der Waals surface area contributed by atoms with E-state index in [4.69, 9.17) is 0 Å². The molecule has 0 atom stereocenters. The Balaban J connectivity index is 1.22. The minimum atomic E-state index is -0.536. The summed E-state index contributed by atoms with van der Waals surface area (Å²) in [4.78, 5) is 2.90. The Labute approximate surface area is 164 Å². The van der Waals surface area contributed by atoms with E-state index < -0.39 is 7.05 Å². The first-order valence-corrected chi connectivity index (χ1v) is 11.1. The molecule has 1 aromatic carbocycles. The van der Waals surface area contributed by atoms with Gasteiger partial charge in [-0.1, -0.05) is 12.1 Å². The first-order chi connectivity index (χ1) is 13.1. The third kappa shape index (κ3) is 3.49. The summed E-state index contributed by atoms with van der Waals surface area (Å²) in [5.74, 6) is 3.10. The lowest BCUT2D eigenvalue weighted by atomic mass is 9.52. The molecule has 4 saturated carbocycles. The predicted molar refractivity (Wildman–Crippen MR) is 113 cm³/mol. The van der Waals surface area contributed by atoms with E-state index >= 15 is 0 Å². The lowest BCUT2D eigenvalue weighted by Crippen LogP contribution is -2.62. The van der Waals surface area contributed by atoms with E-state index in [1.54, 1.807) is 6.82 Å². The van der Waals surface area contributed by atoms with E-state index in [-0.39, 0.29) is 0 Å². The number of likely N-dealkylation sites (tertiary alicyclic amines) is 1. The van der Waals surface area contributed by atoms with Gasteiger partial charge in [0.1, 0.15) is 0 Å². The smallest absolute Gasteiger partial charge is 0.406 e. The van der Waals surface area contributed by atoms with Crippen molar-refractivity contribution in [2.24, 2.45) is 17.8 Å². The fourth-order valence-electron chi connectivity index (χ4n) is 7.13. The van der Waals surface area contributed by atoms with Crippen molar-refractivity contribution in [1.29, 1.82) is 0 Å². The number of nitrogens with zero attached hydrogens (tertiary/aromatic N) is 1. The van der Waals surface area contributed by atoms with Gasteiger partial charge in [-0.15, -0.1) is 0 Å². The first-order valence-electron chi connectivity index (χ1n) is 11.1. The zero-order valence-corrected chi connectivity index (χ0v) is 16.7. The summed E-state index contributed by atoms with van der Waals surface area (Å²) in [7, 11) is -0.536. The molecule has 5 heteroatoms. The van der Waals surface area contributed by atoms with Crippen LogP contribution in [0.15, 0.2) is 24.3 Å². The van der Waals surface area contributed by atoms with Crippen molar-refractivity contribution in [3.05, 3.63) is 24.3 Å². The van der Waals surface area contributed by atoms with Crippen LogP contribution in [-0.4, -0.2) is 41.6 Å². The molecule has 4 aliphatic carbocycles. The van der Waals surface area contributed by atoms with Crippen molar-refractivity contribution in [3.63, 3.8) is 0 Å². The van der Waals surface area contributed by atoms with Gasteiger partial charge in [0, 0.05) is 30.4 Å². The summed E-state index contributed by atoms with van der Waals surface area (Å²) in [6.45, 7) is 4.26. The number of rotatable bonds is 5. The number of anilines is 2. The molecule has 1 aromatic rings. The van der Waals surface area contributed by atoms with Crippen LogP contribution in [0.2, 0.25) is 6.82 Å². The Morgan fingerprint density at radius 2 is 1.52 bits per heavy atom. The molecule has 1 aliphatic heterocycles. The molecular weight excluding hydrogens is 333 g/mol. The molecular formula is C22H34BN3O. The van der Waals surface area contributed by atoms with Crippen LogP contribution in [-0.2, 0) is 0 Å². The average Bonchev–Trinajstić information content (AvgIpc) is 2.62. The predicted octanol–water partition coefficient (Wildman–Crippen LogP) is 4.05. The molecule has 5 aliphatic rings. The lowest BCUT2D eigenvalue weighted by molar-refractivity contribution is -0.0949. The Hall–Kier alpha value is -1.20. The quantitative estimate of drug-likeness (QED) is 0.687. The van der Waals surface area contributed by atoms with Gasteiger partial charge >= 0.3 is 7.05 Å². The Kier molecular flexibility index (Phi) is 4.64. The molecule has 146 valence electrons. The van der Waals surface area contributed by atoms with Crippen LogP contribution >= 0.6 is 0 Å². The summed E-state index contributed by atoms with van der Waals surface area (Å²) in [6.07, 6.45) is 11.5. The van der Waals surface area contributed by atoms with Crippen molar-refractivity contribution in [2.75, 3.05) is 23.6 Å². The van der Waals surface area contributed by atoms with Gasteiger partial charge in [0.2, 0.25) is 0 Å². The van der Waals surface area contributed by atoms with Gasteiger partial charge < -0.3 is 15.6 Å². The van der Waals surface area contributed by atoms with Crippen LogP contribution in [0, 0.1) is 17.8 Å². The number of nitrogens with one attached hydrogen (secondary N) is 2. The van der Waals surface area contributed by atoms with Crippen LogP contribution in [0.4, 0.5) is 11.4 Å². The van der Waals surface area contributed by atoms with Crippen LogP contribution in [0.25, 0.3) is 0 Å². The van der Waals surface area contributed by atoms with Gasteiger partial charge in [-0.3, -0.25) is 4.90 Å². The van der Waals surface area contributed by atoms with Gasteiger partial charge in [0.25, 0.3) is 0 Å². The molecule has 0 radical (unpaired) electrons. The van der Waals surface area contributed by atoms with Crippen molar-refractivity contribution in [1.82, 2.24) is 4.90 Å². The molecule has 0 amide bonds. The standard InChI is InChI=1S/C22H34BN3O/c1-23(27)25-21-5-3-2-4-20(21)24-19-6-8-26(9-7-19)22-13-16-10-17(14-22)12-18(11-16)15-22/h2-5,16-19,24-25,27H,6-15H2,1H3. The van der Waals surface area contributed by atoms with Crippen LogP contribution in [0.5, 0.6) is 0 Å². The zero-order valence-electron chi connectivity index (χ0n) is 16.7. The summed E-state index contributed by atoms with van der Waals surface area (Å²) in [5, 5.41) is 16.6. The van der Waals surface area contributed by atoms with Crippen molar-refractivity contribution in [3.8, 4) is 0 Å². The van der Waals surface area contributed by atoms with Crippen molar-refractivity contribution in [2.45, 2.75) is 69.8 Å². The number of para-hydroxylation sites is 2. The van der Waals surface area contributed by atoms with E-state index in [1.165, 1.54) is 64.5 Å². The molecule has 4 bridgehead atoms. The molecule has 4 nitrogen and oxygen atoms in total. The maximum Gasteiger partial charge on any atom is 0.406 e. The molecule has 0 spiro atoms. The number of benzene rings is 1. The minimum absolute atomic E-state index is 0.534. The van der Waals surface area contributed by atoms with Gasteiger partial charge in [-0.05, 0) is 88.1 Å². The summed E-state index contributed by atoms with van der Waals surface area (Å²) < 4.78 is 0. The van der Waals surface area contributed by atoms with E-state index in [2.05, 4.69) is 27.6 Å². The SMILES string of the molecule is CB(O)Nc1ccccc1NC1CCN(C23CC4CC(CC(C4)C2)C3)CC1. The topological polar surface area (TPSA) is 47.5 Å². The number of piperidine rings is 1. The van der Waals surface area contributed by atoms with Crippen molar-refractivity contribution >= 4 is 18.4 Å². The normalized spacial score (nSPS) is 36.0. The second-order valence-corrected chi connectivity index (χ2v) is 9.91. The molecule has 5 fully saturated rings. The van der Waals surface area contributed by atoms with E-state index in [0.717, 1.165) is 29.1 Å². The summed E-state index contributed by atoms with van der Waals surface area (Å²) in [6, 6.07) is 8.79. The number of hydrogen-bond acceptors (Lipinski definition) is 4. The molecule has 0 aromatic heterocycles. The fraction of sp³-hybridized carbons (Fsp3) is 0.727. The lowest BCUT2D eigenvalue weighted by Gasteiger charge is -2.61.